The maximum absolute atomic E-state index is 8.93. The van der Waals surface area contributed by atoms with Gasteiger partial charge in [-0.05, 0) is 0 Å². The van der Waals surface area contributed by atoms with E-state index in [0.29, 0.717) is 0 Å². The summed E-state index contributed by atoms with van der Waals surface area (Å²) in [4.78, 5) is 17.9. The van der Waals surface area contributed by atoms with Crippen molar-refractivity contribution in [2.24, 2.45) is 0 Å². The molecule has 0 aromatic heterocycles. The Balaban J connectivity index is -0.0000000208. The van der Waals surface area contributed by atoms with Crippen LogP contribution in [0, 0.1) is 0 Å². The van der Waals surface area contributed by atoms with Crippen LogP contribution >= 0.6 is 0 Å². The van der Waals surface area contributed by atoms with Crippen molar-refractivity contribution in [2.75, 3.05) is 0 Å². The zero-order valence-electron chi connectivity index (χ0n) is 4.80. The first-order chi connectivity index (χ1) is 2.64. The van der Waals surface area contributed by atoms with Crippen LogP contribution < -0.4 is 44.2 Å². The van der Waals surface area contributed by atoms with Gasteiger partial charge in [0.2, 0.25) is 0 Å². The molecule has 0 saturated heterocycles. The molecule has 0 N–H and O–H groups in total. The van der Waals surface area contributed by atoms with E-state index >= 15 is 0 Å². The fourth-order valence-corrected chi connectivity index (χ4v) is 0. The summed E-state index contributed by atoms with van der Waals surface area (Å²) in [6.07, 6.45) is 0. The largest absolute Gasteiger partial charge is 2.00 e. The number of carbonyl (C=O) groups is 2. The zero-order chi connectivity index (χ0) is 5.15. The van der Waals surface area contributed by atoms with Crippen molar-refractivity contribution in [3.63, 3.8) is 0 Å². The van der Waals surface area contributed by atoms with E-state index < -0.39 is 11.9 Å². The van der Waals surface area contributed by atoms with Crippen molar-refractivity contribution in [3.05, 3.63) is 0 Å². The molecule has 0 fully saturated rings. The number of hydrogen-bond donors (Lipinski definition) is 0. The Kier molecular flexibility index (Phi) is 52.5. The van der Waals surface area contributed by atoms with Gasteiger partial charge in [-0.2, -0.15) is 0 Å². The van der Waals surface area contributed by atoms with Crippen LogP contribution in [0.25, 0.3) is 0 Å². The van der Waals surface area contributed by atoms with Gasteiger partial charge < -0.3 is 53.8 Å². The Labute approximate surface area is 159 Å². The minimum atomic E-state index is -2.19. The summed E-state index contributed by atoms with van der Waals surface area (Å²) >= 11 is 0. The quantitative estimate of drug-likeness (QED) is 0.234. The molecule has 0 unspecified atom stereocenters. The molecule has 0 radical (unpaired) electrons. The SMILES string of the molecule is O=C([O-])C(=O)[O-].[Ba+2].[Ba+2].[Br-].[Br-]. The van der Waals surface area contributed by atoms with Gasteiger partial charge in [0.1, 0.15) is 0 Å². The second kappa shape index (κ2) is 18.0. The van der Waals surface area contributed by atoms with Crippen LogP contribution in [0.3, 0.4) is 0 Å². The molecule has 8 heteroatoms. The number of halogens is 2. The molecule has 50 valence electrons. The molecule has 0 aliphatic rings. The van der Waals surface area contributed by atoms with Crippen LogP contribution in [0.2, 0.25) is 0 Å². The van der Waals surface area contributed by atoms with Gasteiger partial charge in [-0.15, -0.1) is 0 Å². The smallest absolute Gasteiger partial charge is 1.00 e. The van der Waals surface area contributed by atoms with Crippen LogP contribution in [-0.4, -0.2) is 110 Å². The predicted octanol–water partition coefficient (Wildman–Crippen LogP) is -10.3. The number of carbonyl (C=O) groups excluding carboxylic acids is 2. The number of carboxylic acids is 2. The monoisotopic (exact) mass is 522 g/mol. The Morgan fingerprint density at radius 3 is 0.900 bits per heavy atom. The third-order valence-corrected chi connectivity index (χ3v) is 0.167. The van der Waals surface area contributed by atoms with E-state index in [9.17, 15) is 0 Å². The minimum absolute atomic E-state index is 0. The van der Waals surface area contributed by atoms with E-state index in [0.717, 1.165) is 0 Å². The van der Waals surface area contributed by atoms with Gasteiger partial charge in [-0.3, -0.25) is 0 Å². The standard InChI is InChI=1S/C2H2O4.2Ba.2BrH/c3-1(4)2(5)6;;;;/h(H,3,4)(H,5,6);;;2*1H/q;2*+2;;/p-4. The van der Waals surface area contributed by atoms with Gasteiger partial charge in [-0.25, -0.2) is 0 Å². The van der Waals surface area contributed by atoms with Crippen LogP contribution in [0.5, 0.6) is 0 Å². The molecule has 10 heavy (non-hydrogen) atoms. The molecule has 0 amide bonds. The normalized spacial score (nSPS) is 4.40. The van der Waals surface area contributed by atoms with E-state index in [1.165, 1.54) is 0 Å². The first kappa shape index (κ1) is 29.2. The summed E-state index contributed by atoms with van der Waals surface area (Å²) in [5.74, 6) is -4.37. The molecule has 0 atom stereocenters. The molecular formula is C2Ba2Br2O4. The van der Waals surface area contributed by atoms with Gasteiger partial charge in [0.05, 0.1) is 11.9 Å². The molecule has 0 aromatic rings. The number of rotatable bonds is 0. The third kappa shape index (κ3) is 22.5. The maximum Gasteiger partial charge on any atom is 2.00 e. The Morgan fingerprint density at radius 2 is 0.900 bits per heavy atom. The van der Waals surface area contributed by atoms with E-state index in [-0.39, 0.29) is 132 Å². The first-order valence-electron chi connectivity index (χ1n) is 1.07. The van der Waals surface area contributed by atoms with Crippen molar-refractivity contribution in [1.29, 1.82) is 0 Å². The number of aliphatic carboxylic acids is 2. The molecular weight excluding hydrogens is 522 g/mol. The minimum Gasteiger partial charge on any atom is -1.00 e. The summed E-state index contributed by atoms with van der Waals surface area (Å²) in [7, 11) is 0. The van der Waals surface area contributed by atoms with Crippen LogP contribution in [-0.2, 0) is 9.59 Å². The van der Waals surface area contributed by atoms with E-state index in [1.807, 2.05) is 0 Å². The maximum atomic E-state index is 8.93. The first-order valence-corrected chi connectivity index (χ1v) is 1.07. The Bertz CT molecular complexity index is 85.3. The van der Waals surface area contributed by atoms with E-state index in [2.05, 4.69) is 0 Å². The van der Waals surface area contributed by atoms with Crippen LogP contribution in [0.1, 0.15) is 0 Å². The second-order valence-corrected chi connectivity index (χ2v) is 0.575. The molecule has 0 bridgehead atoms. The average Bonchev–Trinajstić information content (AvgIpc) is 1.36. The van der Waals surface area contributed by atoms with Crippen LogP contribution in [0.15, 0.2) is 0 Å². The van der Waals surface area contributed by atoms with Crippen molar-refractivity contribution < 1.29 is 53.8 Å². The van der Waals surface area contributed by atoms with E-state index in [4.69, 9.17) is 19.8 Å². The molecule has 0 aliphatic heterocycles. The summed E-state index contributed by atoms with van der Waals surface area (Å²) in [5.41, 5.74) is 0. The van der Waals surface area contributed by atoms with Gasteiger partial charge in [0, 0.05) is 0 Å². The van der Waals surface area contributed by atoms with Crippen molar-refractivity contribution in [3.8, 4) is 0 Å². The second-order valence-electron chi connectivity index (χ2n) is 0.575. The van der Waals surface area contributed by atoms with Crippen molar-refractivity contribution in [2.45, 2.75) is 0 Å². The zero-order valence-corrected chi connectivity index (χ0v) is 16.9. The summed E-state index contributed by atoms with van der Waals surface area (Å²) in [5, 5.41) is 17.9. The van der Waals surface area contributed by atoms with Gasteiger partial charge in [0.15, 0.2) is 0 Å². The molecule has 0 rings (SSSR count). The number of hydrogen-bond acceptors (Lipinski definition) is 4. The number of carboxylic acid groups (broad SMARTS) is 2. The van der Waals surface area contributed by atoms with Gasteiger partial charge in [-0.1, -0.05) is 0 Å². The molecule has 0 spiro atoms. The molecule has 4 nitrogen and oxygen atoms in total. The van der Waals surface area contributed by atoms with Crippen LogP contribution in [0.4, 0.5) is 0 Å². The third-order valence-electron chi connectivity index (χ3n) is 0.167. The summed E-state index contributed by atoms with van der Waals surface area (Å²) in [6.45, 7) is 0. The molecule has 0 saturated carbocycles. The molecule has 0 heterocycles. The summed E-state index contributed by atoms with van der Waals surface area (Å²) < 4.78 is 0. The predicted molar refractivity (Wildman–Crippen MR) is 21.5 cm³/mol. The fourth-order valence-electron chi connectivity index (χ4n) is 0. The van der Waals surface area contributed by atoms with Crippen molar-refractivity contribution >= 4 is 110 Å². The van der Waals surface area contributed by atoms with E-state index in [1.54, 1.807) is 0 Å². The average molecular weight is 522 g/mol. The Morgan fingerprint density at radius 1 is 0.800 bits per heavy atom. The molecule has 0 aromatic carbocycles. The molecule has 0 aliphatic carbocycles. The van der Waals surface area contributed by atoms with Gasteiger partial charge >= 0.3 is 97.8 Å². The topological polar surface area (TPSA) is 80.3 Å². The van der Waals surface area contributed by atoms with Gasteiger partial charge in [0.25, 0.3) is 0 Å². The van der Waals surface area contributed by atoms with Crippen molar-refractivity contribution in [1.82, 2.24) is 0 Å². The fraction of sp³-hybridized carbons (Fsp3) is 0. The Hall–Kier alpha value is 3.04. The summed E-state index contributed by atoms with van der Waals surface area (Å²) in [6, 6.07) is 0.